The highest BCUT2D eigenvalue weighted by molar-refractivity contribution is 6.32. The van der Waals surface area contributed by atoms with E-state index in [2.05, 4.69) is 4.74 Å². The van der Waals surface area contributed by atoms with Gasteiger partial charge in [0.05, 0.1) is 13.2 Å². The summed E-state index contributed by atoms with van der Waals surface area (Å²) in [5, 5.41) is 9.15. The number of aliphatic hydroxyl groups excluding tert-OH is 1. The number of nitrogens with zero attached hydrogens (tertiary/aromatic N) is 1. The molecule has 1 fully saturated rings. The largest absolute Gasteiger partial charge is 0.462 e. The van der Waals surface area contributed by atoms with Gasteiger partial charge in [0, 0.05) is 13.1 Å². The quantitative estimate of drug-likeness (QED) is 0.396. The normalized spacial score (nSPS) is 18.5. The number of rotatable bonds is 0. The zero-order valence-corrected chi connectivity index (χ0v) is 7.52. The number of ether oxygens (including phenoxy) is 1. The summed E-state index contributed by atoms with van der Waals surface area (Å²) < 4.78 is 4.30. The first-order valence-corrected chi connectivity index (χ1v) is 4.20. The summed E-state index contributed by atoms with van der Waals surface area (Å²) in [7, 11) is 1.18. The molecule has 0 spiro atoms. The van der Waals surface area contributed by atoms with Crippen molar-refractivity contribution in [1.29, 1.82) is 0 Å². The third kappa shape index (κ3) is 2.42. The van der Waals surface area contributed by atoms with Crippen LogP contribution in [0.3, 0.4) is 0 Å². The maximum Gasteiger partial charge on any atom is 0.396 e. The first kappa shape index (κ1) is 9.98. The molecule has 0 aromatic heterocycles. The average molecular weight is 187 g/mol. The van der Waals surface area contributed by atoms with E-state index in [1.54, 1.807) is 0 Å². The molecule has 0 bridgehead atoms. The molecule has 1 saturated heterocycles. The van der Waals surface area contributed by atoms with Gasteiger partial charge >= 0.3 is 11.9 Å². The number of methoxy groups -OCH3 is 1. The third-order valence-electron chi connectivity index (χ3n) is 2.11. The van der Waals surface area contributed by atoms with Gasteiger partial charge in [-0.05, 0) is 12.8 Å². The molecule has 0 radical (unpaired) electrons. The van der Waals surface area contributed by atoms with Crippen LogP contribution in [0.5, 0.6) is 0 Å². The Hall–Kier alpha value is -1.10. The minimum atomic E-state index is -0.837. The lowest BCUT2D eigenvalue weighted by atomic mass is 10.1. The van der Waals surface area contributed by atoms with Crippen LogP contribution < -0.4 is 0 Å². The summed E-state index contributed by atoms with van der Waals surface area (Å²) in [6.07, 6.45) is 0.715. The van der Waals surface area contributed by atoms with Crippen LogP contribution in [0.25, 0.3) is 0 Å². The van der Waals surface area contributed by atoms with Crippen LogP contribution in [0.1, 0.15) is 12.8 Å². The third-order valence-corrected chi connectivity index (χ3v) is 2.11. The van der Waals surface area contributed by atoms with Crippen molar-refractivity contribution >= 4 is 11.9 Å². The SMILES string of the molecule is COC(=O)C(=O)N1CCC(O)CC1. The van der Waals surface area contributed by atoms with Crippen molar-refractivity contribution in [2.75, 3.05) is 20.2 Å². The molecule has 74 valence electrons. The molecule has 0 aliphatic carbocycles. The van der Waals surface area contributed by atoms with E-state index in [1.807, 2.05) is 0 Å². The van der Waals surface area contributed by atoms with Gasteiger partial charge in [0.1, 0.15) is 0 Å². The predicted molar refractivity (Wildman–Crippen MR) is 43.8 cm³/mol. The van der Waals surface area contributed by atoms with E-state index in [0.29, 0.717) is 25.9 Å². The molecule has 0 atom stereocenters. The molecular weight excluding hydrogens is 174 g/mol. The van der Waals surface area contributed by atoms with Crippen molar-refractivity contribution in [1.82, 2.24) is 4.90 Å². The standard InChI is InChI=1S/C8H13NO4/c1-13-8(12)7(11)9-4-2-6(10)3-5-9/h6,10H,2-5H2,1H3. The Kier molecular flexibility index (Phi) is 3.25. The molecule has 5 nitrogen and oxygen atoms in total. The van der Waals surface area contributed by atoms with Gasteiger partial charge in [-0.2, -0.15) is 0 Å². The number of likely N-dealkylation sites (tertiary alicyclic amines) is 1. The Bertz CT molecular complexity index is 208. The molecular formula is C8H13NO4. The maximum absolute atomic E-state index is 11.2. The molecule has 0 saturated carbocycles. The van der Waals surface area contributed by atoms with E-state index in [9.17, 15) is 9.59 Å². The first-order chi connectivity index (χ1) is 6.15. The van der Waals surface area contributed by atoms with Gasteiger partial charge in [-0.1, -0.05) is 0 Å². The Morgan fingerprint density at radius 3 is 2.38 bits per heavy atom. The van der Waals surface area contributed by atoms with Gasteiger partial charge in [0.25, 0.3) is 0 Å². The highest BCUT2D eigenvalue weighted by Gasteiger charge is 2.26. The summed E-state index contributed by atoms with van der Waals surface area (Å²) >= 11 is 0. The molecule has 5 heteroatoms. The average Bonchev–Trinajstić information content (AvgIpc) is 2.17. The fourth-order valence-corrected chi connectivity index (χ4v) is 1.29. The monoisotopic (exact) mass is 187 g/mol. The van der Waals surface area contributed by atoms with E-state index in [0.717, 1.165) is 0 Å². The van der Waals surface area contributed by atoms with Gasteiger partial charge in [-0.25, -0.2) is 4.79 Å². The van der Waals surface area contributed by atoms with E-state index in [1.165, 1.54) is 12.0 Å². The Labute approximate surface area is 76.3 Å². The fourth-order valence-electron chi connectivity index (χ4n) is 1.29. The molecule has 1 amide bonds. The smallest absolute Gasteiger partial charge is 0.396 e. The van der Waals surface area contributed by atoms with Crippen molar-refractivity contribution in [2.45, 2.75) is 18.9 Å². The lowest BCUT2D eigenvalue weighted by Crippen LogP contribution is -2.43. The molecule has 13 heavy (non-hydrogen) atoms. The summed E-state index contributed by atoms with van der Waals surface area (Å²) in [4.78, 5) is 23.4. The van der Waals surface area contributed by atoms with E-state index in [-0.39, 0.29) is 6.10 Å². The Morgan fingerprint density at radius 2 is 1.92 bits per heavy atom. The maximum atomic E-state index is 11.2. The lowest BCUT2D eigenvalue weighted by molar-refractivity contribution is -0.159. The summed E-state index contributed by atoms with van der Waals surface area (Å²) in [6, 6.07) is 0. The molecule has 0 unspecified atom stereocenters. The van der Waals surface area contributed by atoms with Crippen LogP contribution in [0.2, 0.25) is 0 Å². The van der Waals surface area contributed by atoms with Gasteiger partial charge < -0.3 is 14.7 Å². The molecule has 0 aromatic carbocycles. The van der Waals surface area contributed by atoms with Gasteiger partial charge in [0.15, 0.2) is 0 Å². The van der Waals surface area contributed by atoms with Crippen molar-refractivity contribution in [3.8, 4) is 0 Å². The number of hydrogen-bond donors (Lipinski definition) is 1. The number of hydrogen-bond acceptors (Lipinski definition) is 4. The topological polar surface area (TPSA) is 66.8 Å². The zero-order valence-electron chi connectivity index (χ0n) is 7.52. The predicted octanol–water partition coefficient (Wildman–Crippen LogP) is -0.857. The van der Waals surface area contributed by atoms with Crippen molar-refractivity contribution < 1.29 is 19.4 Å². The fraction of sp³-hybridized carbons (Fsp3) is 0.750. The van der Waals surface area contributed by atoms with E-state index in [4.69, 9.17) is 5.11 Å². The summed E-state index contributed by atoms with van der Waals surface area (Å²) in [5.41, 5.74) is 0. The van der Waals surface area contributed by atoms with Gasteiger partial charge in [-0.15, -0.1) is 0 Å². The number of carbonyl (C=O) groups is 2. The first-order valence-electron chi connectivity index (χ1n) is 4.20. The summed E-state index contributed by atoms with van der Waals surface area (Å²) in [5.74, 6) is -1.45. The van der Waals surface area contributed by atoms with Crippen LogP contribution in [0.4, 0.5) is 0 Å². The van der Waals surface area contributed by atoms with Crippen LogP contribution in [-0.4, -0.2) is 48.2 Å². The van der Waals surface area contributed by atoms with E-state index >= 15 is 0 Å². The van der Waals surface area contributed by atoms with Crippen LogP contribution in [-0.2, 0) is 14.3 Å². The number of carbonyl (C=O) groups excluding carboxylic acids is 2. The number of aliphatic hydroxyl groups is 1. The molecule has 1 aliphatic rings. The molecule has 1 rings (SSSR count). The van der Waals surface area contributed by atoms with Crippen LogP contribution in [0.15, 0.2) is 0 Å². The minimum Gasteiger partial charge on any atom is -0.462 e. The molecule has 0 aromatic rings. The number of esters is 1. The highest BCUT2D eigenvalue weighted by Crippen LogP contribution is 2.09. The number of amides is 1. The van der Waals surface area contributed by atoms with Crippen LogP contribution >= 0.6 is 0 Å². The lowest BCUT2D eigenvalue weighted by Gasteiger charge is -2.28. The highest BCUT2D eigenvalue weighted by atomic mass is 16.5. The van der Waals surface area contributed by atoms with Crippen molar-refractivity contribution in [2.24, 2.45) is 0 Å². The molecule has 1 N–H and O–H groups in total. The Morgan fingerprint density at radius 1 is 1.38 bits per heavy atom. The van der Waals surface area contributed by atoms with Gasteiger partial charge in [-0.3, -0.25) is 4.79 Å². The van der Waals surface area contributed by atoms with Crippen molar-refractivity contribution in [3.63, 3.8) is 0 Å². The number of piperidine rings is 1. The zero-order chi connectivity index (χ0) is 9.84. The van der Waals surface area contributed by atoms with Crippen molar-refractivity contribution in [3.05, 3.63) is 0 Å². The second-order valence-electron chi connectivity index (χ2n) is 3.01. The van der Waals surface area contributed by atoms with E-state index < -0.39 is 11.9 Å². The molecule has 1 heterocycles. The minimum absolute atomic E-state index is 0.346. The summed E-state index contributed by atoms with van der Waals surface area (Å²) in [6.45, 7) is 0.851. The molecule has 1 aliphatic heterocycles. The second kappa shape index (κ2) is 4.23. The van der Waals surface area contributed by atoms with Crippen LogP contribution in [0, 0.1) is 0 Å². The van der Waals surface area contributed by atoms with Gasteiger partial charge in [0.2, 0.25) is 0 Å². The Balaban J connectivity index is 2.44. The second-order valence-corrected chi connectivity index (χ2v) is 3.01.